The monoisotopic (exact) mass is 585 g/mol. The lowest BCUT2D eigenvalue weighted by Gasteiger charge is -2.20. The summed E-state index contributed by atoms with van der Waals surface area (Å²) in [5.74, 6) is -0.408. The summed E-state index contributed by atoms with van der Waals surface area (Å²) >= 11 is 19.1. The summed E-state index contributed by atoms with van der Waals surface area (Å²) < 4.78 is 2.25. The van der Waals surface area contributed by atoms with Crippen LogP contribution in [0.1, 0.15) is 33.7 Å². The molecule has 0 aliphatic heterocycles. The predicted octanol–water partition coefficient (Wildman–Crippen LogP) is 5.59. The maximum Gasteiger partial charge on any atom is 0.274 e. The Morgan fingerprint density at radius 2 is 1.97 bits per heavy atom. The Morgan fingerprint density at radius 3 is 2.65 bits per heavy atom. The first-order valence-corrected chi connectivity index (χ1v) is 11.5. The van der Waals surface area contributed by atoms with Crippen LogP contribution < -0.4 is 5.32 Å². The Labute approximate surface area is 205 Å². The van der Waals surface area contributed by atoms with Gasteiger partial charge in [0, 0.05) is 34.8 Å². The molecular weight excluding hydrogens is 573 g/mol. The summed E-state index contributed by atoms with van der Waals surface area (Å²) in [7, 11) is 1.75. The van der Waals surface area contributed by atoms with Crippen molar-refractivity contribution >= 4 is 72.6 Å². The fourth-order valence-corrected chi connectivity index (χ4v) is 4.56. The van der Waals surface area contributed by atoms with Gasteiger partial charge in [-0.1, -0.05) is 23.2 Å². The van der Waals surface area contributed by atoms with Crippen molar-refractivity contribution in [3.8, 4) is 5.82 Å². The van der Waals surface area contributed by atoms with Gasteiger partial charge in [-0.2, -0.15) is 5.10 Å². The average molecular weight is 588 g/mol. The molecule has 1 saturated carbocycles. The zero-order chi connectivity index (χ0) is 22.3. The molecule has 1 fully saturated rings. The zero-order valence-electron chi connectivity index (χ0n) is 16.1. The second kappa shape index (κ2) is 8.90. The second-order valence-corrected chi connectivity index (χ2v) is 9.49. The van der Waals surface area contributed by atoms with Crippen LogP contribution in [-0.2, 0) is 0 Å². The SMILES string of the molecule is CN(C(=O)c1cc(Cl)cc(Br)c1NC(=O)c1cc(Br)nn1-c1ncccc1Cl)C1CC1. The number of pyridine rings is 1. The van der Waals surface area contributed by atoms with Crippen LogP contribution in [0.25, 0.3) is 5.82 Å². The summed E-state index contributed by atoms with van der Waals surface area (Å²) in [6, 6.07) is 8.25. The molecule has 31 heavy (non-hydrogen) atoms. The topological polar surface area (TPSA) is 80.1 Å². The van der Waals surface area contributed by atoms with Crippen LogP contribution in [0.3, 0.4) is 0 Å². The quantitative estimate of drug-likeness (QED) is 0.422. The first-order valence-electron chi connectivity index (χ1n) is 9.20. The van der Waals surface area contributed by atoms with E-state index in [1.165, 1.54) is 4.68 Å². The van der Waals surface area contributed by atoms with Crippen LogP contribution in [0.4, 0.5) is 5.69 Å². The molecule has 0 saturated heterocycles. The van der Waals surface area contributed by atoms with Crippen LogP contribution >= 0.6 is 55.1 Å². The number of carbonyl (C=O) groups is 2. The van der Waals surface area contributed by atoms with Gasteiger partial charge in [0.2, 0.25) is 0 Å². The molecule has 7 nitrogen and oxygen atoms in total. The van der Waals surface area contributed by atoms with Gasteiger partial charge >= 0.3 is 0 Å². The van der Waals surface area contributed by atoms with Crippen LogP contribution in [0.15, 0.2) is 45.6 Å². The average Bonchev–Trinajstić information content (AvgIpc) is 3.50. The number of carbonyl (C=O) groups excluding carboxylic acids is 2. The minimum Gasteiger partial charge on any atom is -0.339 e. The number of nitrogens with one attached hydrogen (secondary N) is 1. The van der Waals surface area contributed by atoms with Gasteiger partial charge in [-0.15, -0.1) is 0 Å². The molecule has 2 aromatic heterocycles. The number of amides is 2. The van der Waals surface area contributed by atoms with Crippen molar-refractivity contribution in [3.63, 3.8) is 0 Å². The number of halogens is 4. The molecule has 160 valence electrons. The first-order chi connectivity index (χ1) is 14.8. The minimum atomic E-state index is -0.494. The van der Waals surface area contributed by atoms with E-state index in [1.54, 1.807) is 48.5 Å². The van der Waals surface area contributed by atoms with Gasteiger partial charge in [0.05, 0.1) is 16.3 Å². The smallest absolute Gasteiger partial charge is 0.274 e. The number of hydrogen-bond acceptors (Lipinski definition) is 4. The molecule has 3 aromatic rings. The highest BCUT2D eigenvalue weighted by Crippen LogP contribution is 2.34. The Hall–Kier alpha value is -1.94. The van der Waals surface area contributed by atoms with Gasteiger partial charge in [0.25, 0.3) is 11.8 Å². The van der Waals surface area contributed by atoms with E-state index in [1.807, 2.05) is 0 Å². The highest BCUT2D eigenvalue weighted by Gasteiger charge is 2.32. The minimum absolute atomic E-state index is 0.184. The largest absolute Gasteiger partial charge is 0.339 e. The van der Waals surface area contributed by atoms with Gasteiger partial charge < -0.3 is 10.2 Å². The number of rotatable bonds is 5. The second-order valence-electron chi connectivity index (χ2n) is 6.98. The first kappa shape index (κ1) is 22.3. The molecule has 0 bridgehead atoms. The van der Waals surface area contributed by atoms with E-state index in [0.29, 0.717) is 36.2 Å². The normalized spacial score (nSPS) is 13.2. The number of nitrogens with zero attached hydrogens (tertiary/aromatic N) is 4. The van der Waals surface area contributed by atoms with Crippen LogP contribution in [0, 0.1) is 0 Å². The van der Waals surface area contributed by atoms with E-state index in [9.17, 15) is 9.59 Å². The fraction of sp³-hybridized carbons (Fsp3) is 0.200. The third kappa shape index (κ3) is 4.64. The third-order valence-electron chi connectivity index (χ3n) is 4.79. The van der Waals surface area contributed by atoms with Gasteiger partial charge in [-0.25, -0.2) is 9.67 Å². The number of aromatic nitrogens is 3. The Bertz CT molecular complexity index is 1200. The van der Waals surface area contributed by atoms with Crippen molar-refractivity contribution in [2.24, 2.45) is 0 Å². The lowest BCUT2D eigenvalue weighted by molar-refractivity contribution is 0.0786. The molecule has 4 rings (SSSR count). The Morgan fingerprint density at radius 1 is 1.23 bits per heavy atom. The van der Waals surface area contributed by atoms with Crippen LogP contribution in [-0.4, -0.2) is 44.6 Å². The molecule has 1 aliphatic rings. The number of hydrogen-bond donors (Lipinski definition) is 1. The molecule has 1 aliphatic carbocycles. The van der Waals surface area contributed by atoms with Crippen molar-refractivity contribution in [3.05, 3.63) is 66.9 Å². The Kier molecular flexibility index (Phi) is 6.39. The molecule has 0 radical (unpaired) electrons. The molecule has 1 aromatic carbocycles. The highest BCUT2D eigenvalue weighted by molar-refractivity contribution is 9.10. The standard InChI is InChI=1S/C20H15Br2Cl2N5O2/c1-28(11-4-5-11)20(31)12-7-10(23)8-13(21)17(12)26-19(30)15-9-16(22)27-29(15)18-14(24)3-2-6-25-18/h2-3,6-9,11H,4-5H2,1H3,(H,26,30). The lowest BCUT2D eigenvalue weighted by atomic mass is 10.1. The van der Waals surface area contributed by atoms with E-state index >= 15 is 0 Å². The maximum atomic E-state index is 13.2. The zero-order valence-corrected chi connectivity index (χ0v) is 20.8. The van der Waals surface area contributed by atoms with Gasteiger partial charge in [0.1, 0.15) is 10.3 Å². The molecule has 2 amide bonds. The van der Waals surface area contributed by atoms with Gasteiger partial charge in [-0.05, 0) is 69.0 Å². The molecule has 0 atom stereocenters. The van der Waals surface area contributed by atoms with Crippen LogP contribution in [0.2, 0.25) is 10.0 Å². The lowest BCUT2D eigenvalue weighted by Crippen LogP contribution is -2.30. The molecule has 0 spiro atoms. The summed E-state index contributed by atoms with van der Waals surface area (Å²) in [5, 5.41) is 7.81. The van der Waals surface area contributed by atoms with Crippen molar-refractivity contribution in [2.45, 2.75) is 18.9 Å². The van der Waals surface area contributed by atoms with Crippen molar-refractivity contribution in [1.82, 2.24) is 19.7 Å². The maximum absolute atomic E-state index is 13.2. The molecule has 1 N–H and O–H groups in total. The summed E-state index contributed by atoms with van der Waals surface area (Å²) in [5.41, 5.74) is 0.800. The number of benzene rings is 1. The van der Waals surface area contributed by atoms with E-state index in [-0.39, 0.29) is 17.6 Å². The predicted molar refractivity (Wildman–Crippen MR) is 126 cm³/mol. The fourth-order valence-electron chi connectivity index (χ4n) is 3.07. The molecule has 11 heteroatoms. The van der Waals surface area contributed by atoms with Gasteiger partial charge in [-0.3, -0.25) is 9.59 Å². The third-order valence-corrected chi connectivity index (χ3v) is 6.32. The highest BCUT2D eigenvalue weighted by atomic mass is 79.9. The van der Waals surface area contributed by atoms with E-state index in [0.717, 1.165) is 12.8 Å². The van der Waals surface area contributed by atoms with Crippen molar-refractivity contribution in [2.75, 3.05) is 12.4 Å². The van der Waals surface area contributed by atoms with E-state index < -0.39 is 5.91 Å². The summed E-state index contributed by atoms with van der Waals surface area (Å²) in [6.45, 7) is 0. The van der Waals surface area contributed by atoms with Gasteiger partial charge in [0.15, 0.2) is 5.82 Å². The van der Waals surface area contributed by atoms with Crippen LogP contribution in [0.5, 0.6) is 0 Å². The Balaban J connectivity index is 1.72. The van der Waals surface area contributed by atoms with E-state index in [2.05, 4.69) is 47.3 Å². The molecular formula is C20H15Br2Cl2N5O2. The number of anilines is 1. The van der Waals surface area contributed by atoms with E-state index in [4.69, 9.17) is 23.2 Å². The summed E-state index contributed by atoms with van der Waals surface area (Å²) in [4.78, 5) is 32.2. The van der Waals surface area contributed by atoms with Crippen molar-refractivity contribution in [1.29, 1.82) is 0 Å². The molecule has 0 unspecified atom stereocenters. The van der Waals surface area contributed by atoms with Crippen molar-refractivity contribution < 1.29 is 9.59 Å². The summed E-state index contributed by atoms with van der Waals surface area (Å²) in [6.07, 6.45) is 3.48. The molecule has 2 heterocycles.